The van der Waals surface area contributed by atoms with E-state index in [0.29, 0.717) is 18.6 Å². The van der Waals surface area contributed by atoms with Crippen LogP contribution in [-0.4, -0.2) is 31.7 Å². The Balaban J connectivity index is 0.000000320. The van der Waals surface area contributed by atoms with Gasteiger partial charge in [0.25, 0.3) is 0 Å². The van der Waals surface area contributed by atoms with Crippen LogP contribution in [0.3, 0.4) is 0 Å². The number of hydrogen-bond donors (Lipinski definition) is 0. The first-order valence-electron chi connectivity index (χ1n) is 22.9. The second-order valence-electron chi connectivity index (χ2n) is 20.7. The third-order valence-corrected chi connectivity index (χ3v) is 17.5. The molecule has 0 atom stereocenters. The Hall–Kier alpha value is -2.83. The largest absolute Gasteiger partial charge is 0.748 e. The van der Waals surface area contributed by atoms with Crippen LogP contribution in [0.1, 0.15) is 156 Å². The fourth-order valence-corrected chi connectivity index (χ4v) is 11.9. The van der Waals surface area contributed by atoms with Crippen molar-refractivity contribution < 1.29 is 81.5 Å². The predicted molar refractivity (Wildman–Crippen MR) is 263 cm³/mol. The first kappa shape index (κ1) is 61.3. The third-order valence-electron chi connectivity index (χ3n) is 10.5. The molecule has 5 aromatic carbocycles. The summed E-state index contributed by atoms with van der Waals surface area (Å²) in [6, 6.07) is 40.1. The summed E-state index contributed by atoms with van der Waals surface area (Å²) in [5.41, 5.74) is 5.19. The highest BCUT2D eigenvalue weighted by molar-refractivity contribution is 7.86. The van der Waals surface area contributed by atoms with Crippen molar-refractivity contribution in [3.8, 4) is 0 Å². The molecule has 6 nitrogen and oxygen atoms in total. The highest BCUT2D eigenvalue weighted by atomic mass is 127. The van der Waals surface area contributed by atoms with Gasteiger partial charge in [-0.15, -0.1) is 0 Å². The van der Waals surface area contributed by atoms with Gasteiger partial charge in [-0.05, 0) is 111 Å². The molecule has 0 spiro atoms. The van der Waals surface area contributed by atoms with Gasteiger partial charge < -0.3 is 9.11 Å². The lowest BCUT2D eigenvalue weighted by atomic mass is 9.87. The van der Waals surface area contributed by atoms with Crippen LogP contribution >= 0.6 is 0 Å². The fraction of sp³-hybridized carbons (Fsp3) is 0.455. The van der Waals surface area contributed by atoms with E-state index in [4.69, 9.17) is 0 Å². The van der Waals surface area contributed by atoms with E-state index in [1.54, 1.807) is 0 Å². The van der Waals surface area contributed by atoms with Gasteiger partial charge in [0.15, 0.2) is 14.3 Å². The van der Waals surface area contributed by atoms with E-state index in [-0.39, 0.29) is 69.8 Å². The lowest BCUT2D eigenvalue weighted by molar-refractivity contribution is -0.597. The van der Waals surface area contributed by atoms with E-state index in [1.165, 1.54) is 49.4 Å². The summed E-state index contributed by atoms with van der Waals surface area (Å²) < 4.78 is 104. The summed E-state index contributed by atoms with van der Waals surface area (Å²) in [5, 5.41) is 0. The highest BCUT2D eigenvalue weighted by Gasteiger charge is 2.34. The van der Waals surface area contributed by atoms with Gasteiger partial charge >= 0.3 is 48.6 Å². The normalized spacial score (nSPS) is 12.4. The Kier molecular flexibility index (Phi) is 23.9. The predicted octanol–water partition coefficient (Wildman–Crippen LogP) is 8.32. The van der Waals surface area contributed by atoms with Crippen LogP contribution < -0.4 is 42.4 Å². The SMILES string of the molecule is CC(C)(C)c1ccc([I+]c2ccc(C(C)(C)C)cc2)cc1.CC(C)(C)c1ccc([I+]c2ccc(C(C)(C)C)cc2)cc1.CCCCCCCCS(=O)(=O)[O-].O=S(=O)([O-])c1ccccc1C(F)(F)F. The van der Waals surface area contributed by atoms with E-state index >= 15 is 0 Å². The second-order valence-corrected chi connectivity index (χ2v) is 29.6. The standard InChI is InChI=1S/2C20H26I.C8H18O3S.C7H5F3O3S/c2*1-19(2,3)15-7-11-17(12-8-15)21-18-13-9-16(10-14-18)20(4,5)6;1-2-3-4-5-6-7-8-12(9,10)11;8-7(9,10)5-3-1-2-4-6(5)14(11,12)13/h2*7-14H,1-6H3;2-8H2,1H3,(H,9,10,11);1-4H,(H,11,12,13)/q2*+1;;/p-2. The van der Waals surface area contributed by atoms with Gasteiger partial charge in [-0.3, -0.25) is 0 Å². The summed E-state index contributed by atoms with van der Waals surface area (Å²) in [4.78, 5) is -1.24. The number of rotatable bonds is 12. The van der Waals surface area contributed by atoms with E-state index in [0.717, 1.165) is 31.4 Å². The van der Waals surface area contributed by atoms with Gasteiger partial charge in [-0.1, -0.05) is 183 Å². The number of unbranched alkanes of at least 4 members (excludes halogenated alkanes) is 5. The molecule has 0 amide bonds. The zero-order chi connectivity index (χ0) is 51.8. The minimum absolute atomic E-state index is 0.0703. The number of alkyl halides is 3. The van der Waals surface area contributed by atoms with Gasteiger partial charge in [0.1, 0.15) is 10.1 Å². The van der Waals surface area contributed by atoms with Gasteiger partial charge in [0.2, 0.25) is 0 Å². The minimum Gasteiger partial charge on any atom is -0.748 e. The molecule has 0 saturated heterocycles. The molecule has 0 bridgehead atoms. The number of halogens is 5. The van der Waals surface area contributed by atoms with Crippen molar-refractivity contribution >= 4 is 20.2 Å². The maximum Gasteiger partial charge on any atom is 0.417 e. The Bertz CT molecular complexity index is 2260. The molecule has 0 heterocycles. The lowest BCUT2D eigenvalue weighted by Gasteiger charge is -2.18. The first-order valence-corrected chi connectivity index (χ1v) is 30.2. The van der Waals surface area contributed by atoms with Crippen molar-refractivity contribution in [2.24, 2.45) is 0 Å². The Labute approximate surface area is 428 Å². The van der Waals surface area contributed by atoms with E-state index in [1.807, 2.05) is 0 Å². The Morgan fingerprint density at radius 1 is 0.426 bits per heavy atom. The molecule has 0 N–H and O–H groups in total. The van der Waals surface area contributed by atoms with E-state index in [9.17, 15) is 39.1 Å². The Morgan fingerprint density at radius 3 is 0.941 bits per heavy atom. The second kappa shape index (κ2) is 26.6. The fourth-order valence-electron chi connectivity index (χ4n) is 6.28. The molecule has 0 radical (unpaired) electrons. The average molecular weight is 1210 g/mol. The summed E-state index contributed by atoms with van der Waals surface area (Å²) in [6.45, 7) is 29.3. The van der Waals surface area contributed by atoms with Gasteiger partial charge in [-0.2, -0.15) is 13.2 Å². The molecule has 0 saturated carbocycles. The molecule has 0 fully saturated rings. The minimum atomic E-state index is -5.09. The highest BCUT2D eigenvalue weighted by Crippen LogP contribution is 2.33. The molecule has 0 aliphatic carbocycles. The van der Waals surface area contributed by atoms with Gasteiger partial charge in [0.05, 0.1) is 20.6 Å². The third kappa shape index (κ3) is 23.9. The maximum atomic E-state index is 12.2. The van der Waals surface area contributed by atoms with Gasteiger partial charge in [-0.25, -0.2) is 16.8 Å². The van der Waals surface area contributed by atoms with Gasteiger partial charge in [0, 0.05) is 5.75 Å². The maximum absolute atomic E-state index is 12.2. The van der Waals surface area contributed by atoms with Crippen molar-refractivity contribution in [3.63, 3.8) is 0 Å². The van der Waals surface area contributed by atoms with Crippen molar-refractivity contribution in [3.05, 3.63) is 163 Å². The van der Waals surface area contributed by atoms with Crippen LogP contribution in [-0.2, 0) is 48.1 Å². The zero-order valence-electron chi connectivity index (χ0n) is 42.2. The zero-order valence-corrected chi connectivity index (χ0v) is 48.1. The Morgan fingerprint density at radius 2 is 0.706 bits per heavy atom. The van der Waals surface area contributed by atoms with Crippen molar-refractivity contribution in [1.29, 1.82) is 0 Å². The molecule has 68 heavy (non-hydrogen) atoms. The molecular formula is C55H73F3I2O6S2. The molecule has 0 aliphatic rings. The topological polar surface area (TPSA) is 114 Å². The van der Waals surface area contributed by atoms with Crippen LogP contribution in [0.15, 0.2) is 126 Å². The first-order chi connectivity index (χ1) is 31.1. The lowest BCUT2D eigenvalue weighted by Crippen LogP contribution is -3.61. The van der Waals surface area contributed by atoms with E-state index < -0.39 is 36.9 Å². The summed E-state index contributed by atoms with van der Waals surface area (Å²) >= 11 is -0.141. The van der Waals surface area contributed by atoms with Crippen molar-refractivity contribution in [2.75, 3.05) is 5.75 Å². The molecule has 376 valence electrons. The number of hydrogen-bond acceptors (Lipinski definition) is 6. The molecule has 0 aromatic heterocycles. The van der Waals surface area contributed by atoms with Crippen LogP contribution in [0.5, 0.6) is 0 Å². The molecule has 5 aromatic rings. The van der Waals surface area contributed by atoms with Crippen molar-refractivity contribution in [1.82, 2.24) is 0 Å². The average Bonchev–Trinajstić information content (AvgIpc) is 3.21. The molecule has 5 rings (SSSR count). The monoisotopic (exact) mass is 1200 g/mol. The van der Waals surface area contributed by atoms with Crippen LogP contribution in [0.25, 0.3) is 0 Å². The number of benzene rings is 5. The quantitative estimate of drug-likeness (QED) is 0.0706. The smallest absolute Gasteiger partial charge is 0.417 e. The molecule has 13 heteroatoms. The van der Waals surface area contributed by atoms with Crippen LogP contribution in [0, 0.1) is 14.3 Å². The van der Waals surface area contributed by atoms with E-state index in [2.05, 4.69) is 187 Å². The molecule has 0 aliphatic heterocycles. The summed E-state index contributed by atoms with van der Waals surface area (Å²) in [7, 11) is -9.05. The van der Waals surface area contributed by atoms with Crippen LogP contribution in [0.4, 0.5) is 13.2 Å². The summed E-state index contributed by atoms with van der Waals surface area (Å²) in [6.07, 6.45) is 1.12. The molecule has 0 unspecified atom stereocenters. The summed E-state index contributed by atoms with van der Waals surface area (Å²) in [5.74, 6) is -0.195. The molecular weight excluding hydrogens is 1130 g/mol. The van der Waals surface area contributed by atoms with Crippen molar-refractivity contribution in [2.45, 2.75) is 161 Å². The van der Waals surface area contributed by atoms with Crippen LogP contribution in [0.2, 0.25) is 0 Å².